The van der Waals surface area contributed by atoms with Crippen LogP contribution in [0.15, 0.2) is 0 Å². The molecule has 0 spiro atoms. The molecule has 38 heavy (non-hydrogen) atoms. The molecule has 0 saturated carbocycles. The lowest BCUT2D eigenvalue weighted by atomic mass is 9.57. The highest BCUT2D eigenvalue weighted by Crippen LogP contribution is 2.54. The smallest absolute Gasteiger partial charge is 0.267 e. The second-order valence-corrected chi connectivity index (χ2v) is 9.40. The highest BCUT2D eigenvalue weighted by Gasteiger charge is 2.86. The third-order valence-electron chi connectivity index (χ3n) is 7.26. The molecule has 2 aliphatic heterocycles. The predicted molar refractivity (Wildman–Crippen MR) is 117 cm³/mol. The van der Waals surface area contributed by atoms with Gasteiger partial charge >= 0.3 is 0 Å². The quantitative estimate of drug-likeness (QED) is 0.132. The lowest BCUT2D eigenvalue weighted by Crippen LogP contribution is -2.92. The van der Waals surface area contributed by atoms with Crippen LogP contribution in [0.2, 0.25) is 0 Å². The van der Waals surface area contributed by atoms with Crippen molar-refractivity contribution in [1.29, 1.82) is 0 Å². The second-order valence-electron chi connectivity index (χ2n) is 9.40. The molecule has 2 heterocycles. The highest BCUT2D eigenvalue weighted by molar-refractivity contribution is 6.09. The van der Waals surface area contributed by atoms with Crippen molar-refractivity contribution in [3.05, 3.63) is 0 Å². The van der Waals surface area contributed by atoms with Gasteiger partial charge in [0.2, 0.25) is 11.2 Å². The van der Waals surface area contributed by atoms with E-state index in [1.807, 2.05) is 0 Å². The van der Waals surface area contributed by atoms with Crippen LogP contribution in [-0.2, 0) is 38.2 Å². The maximum Gasteiger partial charge on any atom is 0.267 e. The Morgan fingerprint density at radius 1 is 0.684 bits per heavy atom. The molecule has 2 rings (SSSR count). The largest absolute Gasteiger partial charge is 0.394 e. The molecular weight excluding hydrogens is 520 g/mol. The first kappa shape index (κ1) is 32.1. The lowest BCUT2D eigenvalue weighted by Gasteiger charge is -2.63. The molecule has 2 saturated heterocycles. The highest BCUT2D eigenvalue weighted by atomic mass is 16.8. The first-order chi connectivity index (χ1) is 17.2. The van der Waals surface area contributed by atoms with E-state index in [0.29, 0.717) is 34.6 Å². The normalized spacial score (nSPS) is 45.3. The van der Waals surface area contributed by atoms with Crippen molar-refractivity contribution in [3.63, 3.8) is 0 Å². The molecule has 8 N–H and O–H groups in total. The summed E-state index contributed by atoms with van der Waals surface area (Å²) in [5.74, 6) is -15.1. The van der Waals surface area contributed by atoms with Gasteiger partial charge in [-0.15, -0.1) is 0 Å². The Bertz CT molecular complexity index is 1030. The summed E-state index contributed by atoms with van der Waals surface area (Å²) in [6.07, 6.45) is -11.5. The molecule has 1 unspecified atom stereocenters. The van der Waals surface area contributed by atoms with E-state index in [1.165, 1.54) is 0 Å². The van der Waals surface area contributed by atoms with Crippen molar-refractivity contribution in [1.82, 2.24) is 0 Å². The molecule has 0 radical (unpaired) electrons. The van der Waals surface area contributed by atoms with Crippen LogP contribution in [0.5, 0.6) is 0 Å². The Labute approximate surface area is 215 Å². The summed E-state index contributed by atoms with van der Waals surface area (Å²) in [5.41, 5.74) is -11.8. The van der Waals surface area contributed by atoms with Crippen LogP contribution in [0.3, 0.4) is 0 Å². The number of rotatable bonds is 9. The minimum Gasteiger partial charge on any atom is -0.394 e. The zero-order valence-corrected chi connectivity index (χ0v) is 21.1. The van der Waals surface area contributed by atoms with Crippen molar-refractivity contribution in [2.75, 3.05) is 13.2 Å². The fourth-order valence-electron chi connectivity index (χ4n) is 5.15. The van der Waals surface area contributed by atoms with Crippen molar-refractivity contribution >= 4 is 28.9 Å². The van der Waals surface area contributed by atoms with E-state index in [1.54, 1.807) is 0 Å². The summed E-state index contributed by atoms with van der Waals surface area (Å²) in [7, 11) is 0. The summed E-state index contributed by atoms with van der Waals surface area (Å²) >= 11 is 0. The van der Waals surface area contributed by atoms with Gasteiger partial charge in [-0.3, -0.25) is 24.0 Å². The summed E-state index contributed by atoms with van der Waals surface area (Å²) in [6.45, 7) is 0.220. The van der Waals surface area contributed by atoms with Crippen LogP contribution >= 0.6 is 0 Å². The van der Waals surface area contributed by atoms with Gasteiger partial charge in [-0.05, 0) is 20.8 Å². The van der Waals surface area contributed by atoms with Crippen LogP contribution in [0.25, 0.3) is 0 Å². The van der Waals surface area contributed by atoms with Gasteiger partial charge in [0, 0.05) is 13.8 Å². The molecule has 16 heteroatoms. The third kappa shape index (κ3) is 3.75. The molecular formula is C22H32O16. The molecule has 0 aromatic heterocycles. The van der Waals surface area contributed by atoms with E-state index in [9.17, 15) is 64.8 Å². The van der Waals surface area contributed by atoms with Crippen LogP contribution in [-0.4, -0.2) is 142 Å². The fraction of sp³-hybridized carbons (Fsp3) is 0.773. The van der Waals surface area contributed by atoms with Crippen molar-refractivity contribution in [3.8, 4) is 0 Å². The van der Waals surface area contributed by atoms with Crippen LogP contribution in [0.4, 0.5) is 0 Å². The fourth-order valence-corrected chi connectivity index (χ4v) is 5.15. The molecule has 0 bridgehead atoms. The summed E-state index contributed by atoms with van der Waals surface area (Å²) in [5, 5.41) is 85.4. The molecule has 0 aromatic carbocycles. The number of carbonyl (C=O) groups excluding carboxylic acids is 5. The Morgan fingerprint density at radius 2 is 1.18 bits per heavy atom. The predicted octanol–water partition coefficient (Wildman–Crippen LogP) is -5.60. The van der Waals surface area contributed by atoms with E-state index >= 15 is 0 Å². The number of aliphatic hydroxyl groups is 8. The summed E-state index contributed by atoms with van der Waals surface area (Å²) in [6, 6.07) is 0. The van der Waals surface area contributed by atoms with E-state index in [-0.39, 0.29) is 0 Å². The van der Waals surface area contributed by atoms with Gasteiger partial charge in [-0.1, -0.05) is 0 Å². The number of ketones is 5. The zero-order chi connectivity index (χ0) is 29.8. The topological polar surface area (TPSA) is 275 Å². The van der Waals surface area contributed by atoms with E-state index in [4.69, 9.17) is 14.2 Å². The van der Waals surface area contributed by atoms with Crippen molar-refractivity contribution < 1.29 is 79.0 Å². The Morgan fingerprint density at radius 3 is 1.53 bits per heavy atom. The van der Waals surface area contributed by atoms with Crippen LogP contribution < -0.4 is 0 Å². The molecule has 2 aliphatic rings. The van der Waals surface area contributed by atoms with Gasteiger partial charge in [0.05, 0.1) is 13.2 Å². The first-order valence-electron chi connectivity index (χ1n) is 11.3. The van der Waals surface area contributed by atoms with Gasteiger partial charge in [0.1, 0.15) is 30.5 Å². The number of hydrogen-bond donors (Lipinski definition) is 8. The van der Waals surface area contributed by atoms with E-state index in [2.05, 4.69) is 0 Å². The molecule has 0 aliphatic carbocycles. The number of hydrogen-bond acceptors (Lipinski definition) is 16. The molecule has 2 fully saturated rings. The Balaban J connectivity index is 3.10. The van der Waals surface area contributed by atoms with Gasteiger partial charge < -0.3 is 55.1 Å². The van der Waals surface area contributed by atoms with Gasteiger partial charge in [0.15, 0.2) is 34.5 Å². The zero-order valence-electron chi connectivity index (χ0n) is 21.1. The van der Waals surface area contributed by atoms with Crippen molar-refractivity contribution in [2.45, 2.75) is 93.5 Å². The molecule has 16 nitrogen and oxygen atoms in total. The van der Waals surface area contributed by atoms with Crippen LogP contribution in [0.1, 0.15) is 34.6 Å². The Hall–Kier alpha value is -2.09. The monoisotopic (exact) mass is 552 g/mol. The summed E-state index contributed by atoms with van der Waals surface area (Å²) < 4.78 is 15.9. The second kappa shape index (κ2) is 10.1. The van der Waals surface area contributed by atoms with E-state index in [0.717, 1.165) is 0 Å². The minimum absolute atomic E-state index is 0.503. The van der Waals surface area contributed by atoms with Crippen LogP contribution in [0, 0.1) is 0 Å². The molecule has 10 atom stereocenters. The number of aliphatic hydroxyl groups excluding tert-OH is 5. The molecule has 0 aromatic rings. The Kier molecular flexibility index (Phi) is 8.57. The minimum atomic E-state index is -4.06. The van der Waals surface area contributed by atoms with Gasteiger partial charge in [0.25, 0.3) is 11.6 Å². The maximum absolute atomic E-state index is 13.3. The molecule has 0 amide bonds. The first-order valence-corrected chi connectivity index (χ1v) is 11.3. The summed E-state index contributed by atoms with van der Waals surface area (Å²) in [4.78, 5) is 64.5. The van der Waals surface area contributed by atoms with Crippen molar-refractivity contribution in [2.24, 2.45) is 0 Å². The number of ether oxygens (including phenoxy) is 3. The lowest BCUT2D eigenvalue weighted by molar-refractivity contribution is -0.436. The average molecular weight is 552 g/mol. The average Bonchev–Trinajstić information content (AvgIpc) is 2.83. The van der Waals surface area contributed by atoms with Gasteiger partial charge in [-0.2, -0.15) is 0 Å². The van der Waals surface area contributed by atoms with E-state index < -0.39 is 101 Å². The number of Topliss-reactive ketones (excluding diaryl/α,β-unsaturated/α-hetero) is 5. The standard InChI is InChI=1S/C22H32O16/c1-8(25)18(38-19(9(2)26)17(32)16(31)15(30)13(6-23)36-19)14(7-24)37-22(35,12(5)29)21(34,11(4)28)20(18,33)10(3)27/h13-17,23-24,30-35H,6-7H2,1-5H3/t13-,14-,15+,16+,17-,18-,19+,20+,21-,22?/m1/s1. The third-order valence-corrected chi connectivity index (χ3v) is 7.26. The SMILES string of the molecule is CC(=O)C1(O)O[C@H](CO)[C@](O[C@]2(C(C)=O)O[C@H](CO)[C@H](O)[C@H](O)[C@H]2O)(C(C)=O)[C@@](O)(C(C)=O)[C@]1(O)C(C)=O. The maximum atomic E-state index is 13.3. The molecule has 216 valence electrons. The number of carbonyl (C=O) groups is 5. The van der Waals surface area contributed by atoms with Gasteiger partial charge in [-0.25, -0.2) is 0 Å².